The number of sulfonamides is 1. The van der Waals surface area contributed by atoms with E-state index in [9.17, 15) is 18.0 Å². The van der Waals surface area contributed by atoms with Crippen molar-refractivity contribution in [1.82, 2.24) is 14.9 Å². The molecule has 1 aliphatic rings. The van der Waals surface area contributed by atoms with Crippen molar-refractivity contribution in [1.29, 1.82) is 0 Å². The minimum atomic E-state index is -3.85. The standard InChI is InChI=1S/C18H27N3O6S/c1-4-7-19-17(22)13(2)20-18(23)14-5-6-15(26-3)16(12-14)28(24,25)21-8-10-27-11-9-21/h5-6,12-13H,4,7-11H2,1-3H3,(H,19,22)(H,20,23)/t13-/m1/s1. The predicted octanol–water partition coefficient (Wildman–Crippen LogP) is 0.361. The molecule has 0 aliphatic carbocycles. The van der Waals surface area contributed by atoms with Gasteiger partial charge < -0.3 is 20.1 Å². The Bertz CT molecular complexity index is 806. The third-order valence-corrected chi connectivity index (χ3v) is 6.22. The van der Waals surface area contributed by atoms with Crippen LogP contribution < -0.4 is 15.4 Å². The lowest BCUT2D eigenvalue weighted by Crippen LogP contribution is -2.45. The smallest absolute Gasteiger partial charge is 0.251 e. The fraction of sp³-hybridized carbons (Fsp3) is 0.556. The van der Waals surface area contributed by atoms with E-state index in [1.807, 2.05) is 6.92 Å². The molecule has 0 saturated carbocycles. The van der Waals surface area contributed by atoms with Crippen molar-refractivity contribution in [3.8, 4) is 5.75 Å². The molecule has 0 unspecified atom stereocenters. The summed E-state index contributed by atoms with van der Waals surface area (Å²) >= 11 is 0. The Labute approximate surface area is 165 Å². The second-order valence-electron chi connectivity index (χ2n) is 6.37. The van der Waals surface area contributed by atoms with Crippen molar-refractivity contribution in [2.75, 3.05) is 40.0 Å². The lowest BCUT2D eigenvalue weighted by molar-refractivity contribution is -0.122. The van der Waals surface area contributed by atoms with E-state index in [0.717, 1.165) is 6.42 Å². The van der Waals surface area contributed by atoms with Gasteiger partial charge in [0.15, 0.2) is 0 Å². The summed E-state index contributed by atoms with van der Waals surface area (Å²) in [5, 5.41) is 5.28. The average Bonchev–Trinajstić information content (AvgIpc) is 2.71. The summed E-state index contributed by atoms with van der Waals surface area (Å²) < 4.78 is 37.7. The summed E-state index contributed by atoms with van der Waals surface area (Å²) in [6.45, 7) is 5.10. The molecule has 0 bridgehead atoms. The zero-order chi connectivity index (χ0) is 20.7. The molecule has 156 valence electrons. The maximum Gasteiger partial charge on any atom is 0.251 e. The molecule has 1 atom stereocenters. The molecule has 10 heteroatoms. The molecule has 0 spiro atoms. The van der Waals surface area contributed by atoms with E-state index in [4.69, 9.17) is 9.47 Å². The predicted molar refractivity (Wildman–Crippen MR) is 103 cm³/mol. The minimum absolute atomic E-state index is 0.0902. The highest BCUT2D eigenvalue weighted by Crippen LogP contribution is 2.28. The van der Waals surface area contributed by atoms with Crippen LogP contribution in [0.2, 0.25) is 0 Å². The van der Waals surface area contributed by atoms with Gasteiger partial charge in [-0.15, -0.1) is 0 Å². The van der Waals surface area contributed by atoms with Gasteiger partial charge in [0.05, 0.1) is 20.3 Å². The van der Waals surface area contributed by atoms with E-state index in [1.54, 1.807) is 6.92 Å². The molecule has 2 amide bonds. The van der Waals surface area contributed by atoms with Crippen molar-refractivity contribution >= 4 is 21.8 Å². The van der Waals surface area contributed by atoms with Gasteiger partial charge in [0.25, 0.3) is 5.91 Å². The van der Waals surface area contributed by atoms with E-state index in [-0.39, 0.29) is 35.2 Å². The number of hydrogen-bond donors (Lipinski definition) is 2. The largest absolute Gasteiger partial charge is 0.495 e. The number of hydrogen-bond acceptors (Lipinski definition) is 6. The van der Waals surface area contributed by atoms with Gasteiger partial charge in [-0.25, -0.2) is 8.42 Å². The molecular formula is C18H27N3O6S. The molecule has 2 N–H and O–H groups in total. The van der Waals surface area contributed by atoms with Crippen LogP contribution in [-0.4, -0.2) is 70.5 Å². The summed E-state index contributed by atoms with van der Waals surface area (Å²) in [6.07, 6.45) is 0.785. The van der Waals surface area contributed by atoms with Gasteiger partial charge in [0.1, 0.15) is 16.7 Å². The highest BCUT2D eigenvalue weighted by molar-refractivity contribution is 7.89. The number of carbonyl (C=O) groups is 2. The summed E-state index contributed by atoms with van der Waals surface area (Å²) in [7, 11) is -2.48. The summed E-state index contributed by atoms with van der Waals surface area (Å²) in [4.78, 5) is 24.4. The molecule has 1 aliphatic heterocycles. The van der Waals surface area contributed by atoms with E-state index >= 15 is 0 Å². The van der Waals surface area contributed by atoms with E-state index in [2.05, 4.69) is 10.6 Å². The van der Waals surface area contributed by atoms with Gasteiger partial charge in [0, 0.05) is 25.2 Å². The van der Waals surface area contributed by atoms with Crippen LogP contribution >= 0.6 is 0 Å². The zero-order valence-electron chi connectivity index (χ0n) is 16.4. The molecule has 9 nitrogen and oxygen atoms in total. The monoisotopic (exact) mass is 413 g/mol. The van der Waals surface area contributed by atoms with Gasteiger partial charge in [-0.2, -0.15) is 4.31 Å². The summed E-state index contributed by atoms with van der Waals surface area (Å²) in [5.74, 6) is -0.693. The third kappa shape index (κ3) is 5.21. The van der Waals surface area contributed by atoms with Crippen LogP contribution in [0, 0.1) is 0 Å². The van der Waals surface area contributed by atoms with Crippen molar-refractivity contribution in [3.63, 3.8) is 0 Å². The fourth-order valence-corrected chi connectivity index (χ4v) is 4.28. The molecule has 1 heterocycles. The van der Waals surface area contributed by atoms with E-state index in [1.165, 1.54) is 29.6 Å². The maximum atomic E-state index is 13.0. The summed E-state index contributed by atoms with van der Waals surface area (Å²) in [6, 6.07) is 3.42. The Hall–Kier alpha value is -2.17. The van der Waals surface area contributed by atoms with Crippen LogP contribution in [0.5, 0.6) is 5.75 Å². The average molecular weight is 413 g/mol. The molecule has 28 heavy (non-hydrogen) atoms. The SMILES string of the molecule is CCCNC(=O)[C@@H](C)NC(=O)c1ccc(OC)c(S(=O)(=O)N2CCOCC2)c1. The maximum absolute atomic E-state index is 13.0. The van der Waals surface area contributed by atoms with Crippen LogP contribution in [0.15, 0.2) is 23.1 Å². The summed E-state index contributed by atoms with van der Waals surface area (Å²) in [5.41, 5.74) is 0.128. The Morgan fingerprint density at radius 3 is 2.57 bits per heavy atom. The van der Waals surface area contributed by atoms with Crippen LogP contribution in [0.3, 0.4) is 0 Å². The normalized spacial score (nSPS) is 16.2. The highest BCUT2D eigenvalue weighted by Gasteiger charge is 2.30. The van der Waals surface area contributed by atoms with Crippen LogP contribution in [0.1, 0.15) is 30.6 Å². The lowest BCUT2D eigenvalue weighted by atomic mass is 10.2. The van der Waals surface area contributed by atoms with Crippen LogP contribution in [0.4, 0.5) is 0 Å². The van der Waals surface area contributed by atoms with Gasteiger partial charge in [-0.3, -0.25) is 9.59 Å². The molecule has 1 fully saturated rings. The van der Waals surface area contributed by atoms with E-state index in [0.29, 0.717) is 19.8 Å². The number of carbonyl (C=O) groups excluding carboxylic acids is 2. The molecule has 1 aromatic rings. The number of methoxy groups -OCH3 is 1. The second kappa shape index (κ2) is 9.85. The quantitative estimate of drug-likeness (QED) is 0.636. The number of morpholine rings is 1. The number of benzene rings is 1. The van der Waals surface area contributed by atoms with Crippen molar-refractivity contribution in [2.24, 2.45) is 0 Å². The number of rotatable bonds is 8. The molecule has 0 radical (unpaired) electrons. The Morgan fingerprint density at radius 2 is 1.96 bits per heavy atom. The molecule has 1 aromatic carbocycles. The lowest BCUT2D eigenvalue weighted by Gasteiger charge is -2.26. The van der Waals surface area contributed by atoms with Crippen LogP contribution in [0.25, 0.3) is 0 Å². The first kappa shape index (κ1) is 22.1. The Kier molecular flexibility index (Phi) is 7.78. The van der Waals surface area contributed by atoms with E-state index < -0.39 is 22.0 Å². The van der Waals surface area contributed by atoms with Gasteiger partial charge in [0.2, 0.25) is 15.9 Å². The Morgan fingerprint density at radius 1 is 1.29 bits per heavy atom. The van der Waals surface area contributed by atoms with Crippen LogP contribution in [-0.2, 0) is 19.6 Å². The van der Waals surface area contributed by atoms with Crippen molar-refractivity contribution in [3.05, 3.63) is 23.8 Å². The third-order valence-electron chi connectivity index (χ3n) is 4.30. The zero-order valence-corrected chi connectivity index (χ0v) is 17.2. The Balaban J connectivity index is 2.24. The molecule has 0 aromatic heterocycles. The highest BCUT2D eigenvalue weighted by atomic mass is 32.2. The van der Waals surface area contributed by atoms with Gasteiger partial charge in [-0.05, 0) is 31.5 Å². The first-order valence-corrected chi connectivity index (χ1v) is 10.6. The van der Waals surface area contributed by atoms with Gasteiger partial charge >= 0.3 is 0 Å². The second-order valence-corrected chi connectivity index (χ2v) is 8.27. The number of amides is 2. The van der Waals surface area contributed by atoms with Gasteiger partial charge in [-0.1, -0.05) is 6.92 Å². The first-order valence-electron chi connectivity index (χ1n) is 9.15. The molecule has 1 saturated heterocycles. The topological polar surface area (TPSA) is 114 Å². The number of ether oxygens (including phenoxy) is 2. The first-order chi connectivity index (χ1) is 13.3. The number of nitrogens with one attached hydrogen (secondary N) is 2. The molecule has 2 rings (SSSR count). The fourth-order valence-electron chi connectivity index (χ4n) is 2.69. The van der Waals surface area contributed by atoms with Crippen molar-refractivity contribution < 1.29 is 27.5 Å². The van der Waals surface area contributed by atoms with Crippen molar-refractivity contribution in [2.45, 2.75) is 31.2 Å². The minimum Gasteiger partial charge on any atom is -0.495 e. The number of nitrogens with zero attached hydrogens (tertiary/aromatic N) is 1. The molecular weight excluding hydrogens is 386 g/mol.